The van der Waals surface area contributed by atoms with Crippen LogP contribution in [0.5, 0.6) is 0 Å². The molecule has 2 atom stereocenters. The Morgan fingerprint density at radius 2 is 0.692 bits per heavy atom. The van der Waals surface area contributed by atoms with Crippen molar-refractivity contribution in [2.45, 2.75) is 207 Å². The van der Waals surface area contributed by atoms with Crippen molar-refractivity contribution in [2.24, 2.45) is 11.8 Å². The number of hydrogen-bond donors (Lipinski definition) is 2. The van der Waals surface area contributed by atoms with E-state index >= 15 is 0 Å². The van der Waals surface area contributed by atoms with Crippen molar-refractivity contribution in [3.8, 4) is 0 Å². The summed E-state index contributed by atoms with van der Waals surface area (Å²) < 4.78 is 0. The van der Waals surface area contributed by atoms with Gasteiger partial charge in [0, 0.05) is 6.61 Å². The second kappa shape index (κ2) is 35.5. The molecular weight excluding hydrogens is 480 g/mol. The third-order valence-corrected chi connectivity index (χ3v) is 8.35. The second-order valence-corrected chi connectivity index (χ2v) is 12.3. The molecule has 0 rings (SSSR count). The van der Waals surface area contributed by atoms with Crippen LogP contribution in [0.4, 0.5) is 0 Å². The molecule has 0 saturated carbocycles. The number of aliphatic carboxylic acids is 1. The molecule has 0 saturated heterocycles. The highest BCUT2D eigenvalue weighted by Gasteiger charge is 2.16. The van der Waals surface area contributed by atoms with Gasteiger partial charge in [0.2, 0.25) is 0 Å². The van der Waals surface area contributed by atoms with Gasteiger partial charge in [-0.05, 0) is 31.6 Å². The van der Waals surface area contributed by atoms with Crippen molar-refractivity contribution in [3.05, 3.63) is 0 Å². The molecule has 0 aliphatic carbocycles. The molecule has 0 amide bonds. The smallest absolute Gasteiger partial charge is 0.306 e. The zero-order valence-electron chi connectivity index (χ0n) is 27.5. The molecule has 0 fully saturated rings. The summed E-state index contributed by atoms with van der Waals surface area (Å²) in [6.45, 7) is 9.39. The van der Waals surface area contributed by atoms with Gasteiger partial charge < -0.3 is 10.2 Å². The van der Waals surface area contributed by atoms with Crippen LogP contribution in [0.1, 0.15) is 207 Å². The lowest BCUT2D eigenvalue weighted by atomic mass is 9.94. The first kappa shape index (κ1) is 40.6. The van der Waals surface area contributed by atoms with Gasteiger partial charge in [0.05, 0.1) is 5.92 Å². The van der Waals surface area contributed by atoms with Crippen LogP contribution in [0, 0.1) is 11.8 Å². The monoisotopic (exact) mass is 555 g/mol. The number of carboxylic acid groups (broad SMARTS) is 1. The maximum atomic E-state index is 11.3. The lowest BCUT2D eigenvalue weighted by Gasteiger charge is -2.13. The van der Waals surface area contributed by atoms with Gasteiger partial charge in [-0.15, -0.1) is 0 Å². The zero-order chi connectivity index (χ0) is 29.2. The Morgan fingerprint density at radius 3 is 0.974 bits per heavy atom. The SMILES string of the molecule is CCCCCCCCC(CO)CCCCCC.CCCCCCCCCCC(CCCCCCCC)C(=O)O. The van der Waals surface area contributed by atoms with Gasteiger partial charge in [0.25, 0.3) is 0 Å². The Bertz CT molecular complexity index is 451. The summed E-state index contributed by atoms with van der Waals surface area (Å²) in [5.74, 6) is -0.0826. The van der Waals surface area contributed by atoms with Crippen molar-refractivity contribution in [3.63, 3.8) is 0 Å². The maximum absolute atomic E-state index is 11.3. The molecule has 0 aliphatic heterocycles. The van der Waals surface area contributed by atoms with Crippen LogP contribution in [0.25, 0.3) is 0 Å². The minimum atomic E-state index is -0.573. The normalized spacial score (nSPS) is 12.6. The Balaban J connectivity index is 0. The van der Waals surface area contributed by atoms with Crippen molar-refractivity contribution in [1.29, 1.82) is 0 Å². The van der Waals surface area contributed by atoms with Gasteiger partial charge in [0.15, 0.2) is 0 Å². The Kier molecular flexibility index (Phi) is 36.9. The number of rotatable bonds is 30. The van der Waals surface area contributed by atoms with Crippen LogP contribution in [0.3, 0.4) is 0 Å². The summed E-state index contributed by atoms with van der Waals surface area (Å²) >= 11 is 0. The predicted molar refractivity (Wildman–Crippen MR) is 174 cm³/mol. The van der Waals surface area contributed by atoms with Crippen molar-refractivity contribution in [1.82, 2.24) is 0 Å². The molecule has 2 N–H and O–H groups in total. The summed E-state index contributed by atoms with van der Waals surface area (Å²) in [4.78, 5) is 11.3. The molecule has 0 aromatic carbocycles. The molecule has 0 radical (unpaired) electrons. The van der Waals surface area contributed by atoms with E-state index in [4.69, 9.17) is 0 Å². The van der Waals surface area contributed by atoms with Gasteiger partial charge in [-0.3, -0.25) is 4.79 Å². The number of aliphatic hydroxyl groups excluding tert-OH is 1. The van der Waals surface area contributed by atoms with Gasteiger partial charge in [-0.2, -0.15) is 0 Å². The van der Waals surface area contributed by atoms with Crippen LogP contribution in [0.2, 0.25) is 0 Å². The number of carboxylic acids is 1. The first-order valence-electron chi connectivity index (χ1n) is 17.9. The fraction of sp³-hybridized carbons (Fsp3) is 0.972. The standard InChI is InChI=1S/C20H40O2.C16H34O/c1-3-5-7-9-11-12-14-16-18-19(20(21)22)17-15-13-10-8-6-4-2;1-3-5-7-9-10-12-14-16(15-17)13-11-8-6-4-2/h19H,3-18H2,1-2H3,(H,21,22);16-17H,3-15H2,1-2H3. The third-order valence-electron chi connectivity index (χ3n) is 8.35. The van der Waals surface area contributed by atoms with Gasteiger partial charge >= 0.3 is 5.97 Å². The second-order valence-electron chi connectivity index (χ2n) is 12.3. The zero-order valence-corrected chi connectivity index (χ0v) is 27.5. The van der Waals surface area contributed by atoms with Crippen LogP contribution >= 0.6 is 0 Å². The largest absolute Gasteiger partial charge is 0.481 e. The number of unbranched alkanes of at least 4 members (excludes halogenated alkanes) is 20. The van der Waals surface area contributed by atoms with E-state index in [1.54, 1.807) is 0 Å². The van der Waals surface area contributed by atoms with E-state index in [0.717, 1.165) is 25.7 Å². The number of aliphatic hydroxyl groups is 1. The Hall–Kier alpha value is -0.570. The van der Waals surface area contributed by atoms with Crippen LogP contribution in [-0.2, 0) is 4.79 Å². The summed E-state index contributed by atoms with van der Waals surface area (Å²) in [5.41, 5.74) is 0. The fourth-order valence-electron chi connectivity index (χ4n) is 5.49. The van der Waals surface area contributed by atoms with E-state index in [2.05, 4.69) is 27.7 Å². The first-order chi connectivity index (χ1) is 19.1. The molecule has 0 aromatic rings. The quantitative estimate of drug-likeness (QED) is 0.0868. The molecule has 39 heavy (non-hydrogen) atoms. The number of carbonyl (C=O) groups is 1. The minimum absolute atomic E-state index is 0.0914. The molecule has 0 spiro atoms. The fourth-order valence-corrected chi connectivity index (χ4v) is 5.49. The van der Waals surface area contributed by atoms with Gasteiger partial charge in [-0.1, -0.05) is 182 Å². The molecule has 0 heterocycles. The van der Waals surface area contributed by atoms with E-state index < -0.39 is 5.97 Å². The van der Waals surface area contributed by atoms with Crippen LogP contribution in [-0.4, -0.2) is 22.8 Å². The van der Waals surface area contributed by atoms with E-state index in [1.165, 1.54) is 154 Å². The summed E-state index contributed by atoms with van der Waals surface area (Å²) in [5, 5.41) is 18.6. The molecule has 236 valence electrons. The highest BCUT2D eigenvalue weighted by atomic mass is 16.4. The topological polar surface area (TPSA) is 57.5 Å². The van der Waals surface area contributed by atoms with Crippen molar-refractivity contribution < 1.29 is 15.0 Å². The average Bonchev–Trinajstić information content (AvgIpc) is 2.94. The summed E-state index contributed by atoms with van der Waals surface area (Å²) in [7, 11) is 0. The predicted octanol–water partition coefficient (Wildman–Crippen LogP) is 12.3. The Labute approximate surface area is 246 Å². The van der Waals surface area contributed by atoms with Crippen LogP contribution in [0.15, 0.2) is 0 Å². The van der Waals surface area contributed by atoms with Crippen LogP contribution < -0.4 is 0 Å². The average molecular weight is 555 g/mol. The maximum Gasteiger partial charge on any atom is 0.306 e. The Morgan fingerprint density at radius 1 is 0.436 bits per heavy atom. The van der Waals surface area contributed by atoms with Gasteiger partial charge in [0.1, 0.15) is 0 Å². The first-order valence-corrected chi connectivity index (χ1v) is 17.9. The minimum Gasteiger partial charge on any atom is -0.481 e. The third kappa shape index (κ3) is 33.5. The molecule has 3 heteroatoms. The van der Waals surface area contributed by atoms with E-state index in [1.807, 2.05) is 0 Å². The molecule has 2 unspecified atom stereocenters. The number of hydrogen-bond acceptors (Lipinski definition) is 2. The summed E-state index contributed by atoms with van der Waals surface area (Å²) in [6, 6.07) is 0. The molecular formula is C36H74O3. The van der Waals surface area contributed by atoms with E-state index in [0.29, 0.717) is 12.5 Å². The lowest BCUT2D eigenvalue weighted by Crippen LogP contribution is -2.13. The molecule has 0 aliphatic rings. The molecule has 0 aromatic heterocycles. The summed E-state index contributed by atoms with van der Waals surface area (Å²) in [6.07, 6.45) is 35.6. The van der Waals surface area contributed by atoms with Crippen molar-refractivity contribution in [2.75, 3.05) is 6.61 Å². The highest BCUT2D eigenvalue weighted by molar-refractivity contribution is 5.69. The molecule has 3 nitrogen and oxygen atoms in total. The van der Waals surface area contributed by atoms with E-state index in [9.17, 15) is 15.0 Å². The van der Waals surface area contributed by atoms with Gasteiger partial charge in [-0.25, -0.2) is 0 Å². The van der Waals surface area contributed by atoms with Crippen molar-refractivity contribution >= 4 is 5.97 Å². The van der Waals surface area contributed by atoms with E-state index in [-0.39, 0.29) is 5.92 Å². The highest BCUT2D eigenvalue weighted by Crippen LogP contribution is 2.20. The lowest BCUT2D eigenvalue weighted by molar-refractivity contribution is -0.142. The molecule has 0 bridgehead atoms.